The topological polar surface area (TPSA) is 52.7 Å². The van der Waals surface area contributed by atoms with Gasteiger partial charge in [-0.2, -0.15) is 0 Å². The molecule has 1 aliphatic heterocycles. The average Bonchev–Trinajstić information content (AvgIpc) is 2.26. The Morgan fingerprint density at radius 2 is 1.78 bits per heavy atom. The van der Waals surface area contributed by atoms with Crippen molar-refractivity contribution in [2.75, 3.05) is 39.1 Å². The van der Waals surface area contributed by atoms with E-state index in [1.54, 1.807) is 26.2 Å². The molecule has 0 radical (unpaired) electrons. The lowest BCUT2D eigenvalue weighted by Gasteiger charge is -2.38. The number of likely N-dealkylation sites (N-methyl/N-ethyl adjacent to an activating group) is 1. The van der Waals surface area contributed by atoms with Gasteiger partial charge >= 0.3 is 0 Å². The van der Waals surface area contributed by atoms with E-state index in [1.165, 1.54) is 4.31 Å². The number of hydrogen-bond donors (Lipinski definition) is 1. The highest BCUT2D eigenvalue weighted by Crippen LogP contribution is 2.27. The van der Waals surface area contributed by atoms with E-state index in [2.05, 4.69) is 5.32 Å². The second kappa shape index (κ2) is 4.87. The lowest BCUT2D eigenvalue weighted by molar-refractivity contribution is 0.427. The predicted octanol–water partition coefficient (Wildman–Crippen LogP) is 0.345. The van der Waals surface area contributed by atoms with Gasteiger partial charge < -0.3 is 10.2 Å². The van der Waals surface area contributed by atoms with Gasteiger partial charge in [0.05, 0.1) is 11.7 Å². The van der Waals surface area contributed by atoms with Crippen LogP contribution in [0.15, 0.2) is 29.2 Å². The first-order valence-electron chi connectivity index (χ1n) is 5.89. The second-order valence-electron chi connectivity index (χ2n) is 4.68. The summed E-state index contributed by atoms with van der Waals surface area (Å²) in [5.74, 6) is 0. The number of benzene rings is 1. The number of nitrogens with one attached hydrogen (secondary N) is 1. The van der Waals surface area contributed by atoms with Crippen molar-refractivity contribution in [1.29, 1.82) is 0 Å². The molecule has 0 aliphatic carbocycles. The molecule has 0 saturated carbocycles. The second-order valence-corrected chi connectivity index (χ2v) is 6.80. The van der Waals surface area contributed by atoms with E-state index in [-0.39, 0.29) is 0 Å². The number of nitrogens with zero attached hydrogens (tertiary/aromatic N) is 2. The average molecular weight is 269 g/mol. The van der Waals surface area contributed by atoms with Gasteiger partial charge in [-0.25, -0.2) is 12.7 Å². The van der Waals surface area contributed by atoms with Gasteiger partial charge in [0.25, 0.3) is 0 Å². The Hall–Kier alpha value is -1.11. The summed E-state index contributed by atoms with van der Waals surface area (Å²) in [6, 6.07) is 7.50. The van der Waals surface area contributed by atoms with E-state index in [9.17, 15) is 8.42 Å². The molecule has 0 amide bonds. The van der Waals surface area contributed by atoms with Crippen LogP contribution in [0, 0.1) is 0 Å². The fourth-order valence-electron chi connectivity index (χ4n) is 1.91. The molecule has 2 rings (SSSR count). The Balaban J connectivity index is 2.42. The molecular weight excluding hydrogens is 250 g/mol. The standard InChI is InChI=1S/C12H19N3O2S/c1-14(2)18(16,17)12-7-5-4-6-11(12)15(3)10-8-13-9-10/h4-7,10,13H,8-9H2,1-3H3. The van der Waals surface area contributed by atoms with E-state index in [4.69, 9.17) is 0 Å². The normalized spacial score (nSPS) is 16.7. The molecule has 1 N–H and O–H groups in total. The smallest absolute Gasteiger partial charge is 0.244 e. The maximum absolute atomic E-state index is 12.3. The summed E-state index contributed by atoms with van der Waals surface area (Å²) in [7, 11) is 1.65. The first-order valence-corrected chi connectivity index (χ1v) is 7.33. The minimum atomic E-state index is -3.40. The summed E-state index contributed by atoms with van der Waals surface area (Å²) in [5.41, 5.74) is 0.762. The summed E-state index contributed by atoms with van der Waals surface area (Å²) >= 11 is 0. The maximum atomic E-state index is 12.3. The van der Waals surface area contributed by atoms with Crippen LogP contribution < -0.4 is 10.2 Å². The molecule has 1 fully saturated rings. The van der Waals surface area contributed by atoms with Crippen LogP contribution in [0.25, 0.3) is 0 Å². The third-order valence-electron chi connectivity index (χ3n) is 3.31. The van der Waals surface area contributed by atoms with Crippen molar-refractivity contribution in [3.8, 4) is 0 Å². The van der Waals surface area contributed by atoms with Gasteiger partial charge in [-0.3, -0.25) is 0 Å². The first-order chi connectivity index (χ1) is 8.44. The fourth-order valence-corrected chi connectivity index (χ4v) is 3.03. The van der Waals surface area contributed by atoms with Crippen LogP contribution in [0.2, 0.25) is 0 Å². The zero-order valence-electron chi connectivity index (χ0n) is 10.9. The largest absolute Gasteiger partial charge is 0.368 e. The van der Waals surface area contributed by atoms with Crippen LogP contribution in [-0.2, 0) is 10.0 Å². The van der Waals surface area contributed by atoms with Crippen molar-refractivity contribution >= 4 is 15.7 Å². The van der Waals surface area contributed by atoms with Crippen LogP contribution in [-0.4, -0.2) is 53.0 Å². The maximum Gasteiger partial charge on any atom is 0.244 e. The molecule has 5 nitrogen and oxygen atoms in total. The van der Waals surface area contributed by atoms with Gasteiger partial charge in [-0.05, 0) is 12.1 Å². The summed E-state index contributed by atoms with van der Waals surface area (Å²) in [6.45, 7) is 1.79. The number of sulfonamides is 1. The van der Waals surface area contributed by atoms with Crippen molar-refractivity contribution in [3.05, 3.63) is 24.3 Å². The van der Waals surface area contributed by atoms with Crippen LogP contribution in [0.4, 0.5) is 5.69 Å². The fraction of sp³-hybridized carbons (Fsp3) is 0.500. The van der Waals surface area contributed by atoms with Gasteiger partial charge in [0.15, 0.2) is 0 Å². The van der Waals surface area contributed by atoms with Gasteiger partial charge in [0.1, 0.15) is 4.90 Å². The van der Waals surface area contributed by atoms with Gasteiger partial charge in [-0.1, -0.05) is 12.1 Å². The van der Waals surface area contributed by atoms with Crippen LogP contribution >= 0.6 is 0 Å². The number of anilines is 1. The molecule has 6 heteroatoms. The Labute approximate surface area is 108 Å². The van der Waals surface area contributed by atoms with Crippen molar-refractivity contribution in [2.24, 2.45) is 0 Å². The number of hydrogen-bond acceptors (Lipinski definition) is 4. The Morgan fingerprint density at radius 3 is 2.28 bits per heavy atom. The molecule has 100 valence electrons. The van der Waals surface area contributed by atoms with Crippen molar-refractivity contribution < 1.29 is 8.42 Å². The molecule has 18 heavy (non-hydrogen) atoms. The summed E-state index contributed by atoms with van der Waals surface area (Å²) in [5, 5.41) is 3.19. The summed E-state index contributed by atoms with van der Waals surface area (Å²) < 4.78 is 25.8. The number of rotatable bonds is 4. The zero-order chi connectivity index (χ0) is 13.3. The van der Waals surface area contributed by atoms with E-state index in [0.717, 1.165) is 18.8 Å². The lowest BCUT2D eigenvalue weighted by atomic mass is 10.1. The number of para-hydroxylation sites is 1. The van der Waals surface area contributed by atoms with Crippen LogP contribution in [0.1, 0.15) is 0 Å². The summed E-state index contributed by atoms with van der Waals surface area (Å²) in [6.07, 6.45) is 0. The zero-order valence-corrected chi connectivity index (χ0v) is 11.7. The predicted molar refractivity (Wildman–Crippen MR) is 72.4 cm³/mol. The molecule has 1 heterocycles. The molecule has 1 aromatic carbocycles. The highest BCUT2D eigenvalue weighted by atomic mass is 32.2. The third kappa shape index (κ3) is 2.23. The quantitative estimate of drug-likeness (QED) is 0.857. The highest BCUT2D eigenvalue weighted by molar-refractivity contribution is 7.89. The molecule has 1 aromatic rings. The molecule has 0 atom stereocenters. The van der Waals surface area contributed by atoms with E-state index in [1.807, 2.05) is 24.1 Å². The van der Waals surface area contributed by atoms with Crippen molar-refractivity contribution in [3.63, 3.8) is 0 Å². The monoisotopic (exact) mass is 269 g/mol. The lowest BCUT2D eigenvalue weighted by Crippen LogP contribution is -2.56. The van der Waals surface area contributed by atoms with Crippen molar-refractivity contribution in [1.82, 2.24) is 9.62 Å². The van der Waals surface area contributed by atoms with E-state index < -0.39 is 10.0 Å². The van der Waals surface area contributed by atoms with Crippen LogP contribution in [0.3, 0.4) is 0 Å². The minimum absolute atomic E-state index is 0.364. The third-order valence-corrected chi connectivity index (χ3v) is 5.17. The SMILES string of the molecule is CN(c1ccccc1S(=O)(=O)N(C)C)C1CNC1. The first kappa shape index (κ1) is 13.3. The molecule has 1 aliphatic rings. The Kier molecular flexibility index (Phi) is 3.61. The molecular formula is C12H19N3O2S. The molecule has 0 bridgehead atoms. The Bertz CT molecular complexity index is 524. The van der Waals surface area contributed by atoms with E-state index >= 15 is 0 Å². The molecule has 0 unspecified atom stereocenters. The Morgan fingerprint density at radius 1 is 1.17 bits per heavy atom. The summed E-state index contributed by atoms with van der Waals surface area (Å²) in [4.78, 5) is 2.40. The van der Waals surface area contributed by atoms with Crippen LogP contribution in [0.5, 0.6) is 0 Å². The molecule has 1 saturated heterocycles. The minimum Gasteiger partial charge on any atom is -0.368 e. The van der Waals surface area contributed by atoms with Gasteiger partial charge in [-0.15, -0.1) is 0 Å². The van der Waals surface area contributed by atoms with Crippen molar-refractivity contribution in [2.45, 2.75) is 10.9 Å². The molecule has 0 aromatic heterocycles. The highest BCUT2D eigenvalue weighted by Gasteiger charge is 2.27. The molecule has 0 spiro atoms. The van der Waals surface area contributed by atoms with Gasteiger partial charge in [0.2, 0.25) is 10.0 Å². The van der Waals surface area contributed by atoms with E-state index in [0.29, 0.717) is 10.9 Å². The van der Waals surface area contributed by atoms with Gasteiger partial charge in [0, 0.05) is 34.2 Å².